The lowest BCUT2D eigenvalue weighted by atomic mass is 9.76. The van der Waals surface area contributed by atoms with E-state index in [9.17, 15) is 4.79 Å². The summed E-state index contributed by atoms with van der Waals surface area (Å²) in [6.45, 7) is 12.6. The maximum Gasteiger partial charge on any atom is 0.230 e. The first-order chi connectivity index (χ1) is 18.6. The third-order valence-electron chi connectivity index (χ3n) is 8.81. The number of fused-ring (bicyclic) bond motifs is 1. The molecule has 0 bridgehead atoms. The number of anilines is 3. The Balaban J connectivity index is 1.40. The van der Waals surface area contributed by atoms with Gasteiger partial charge in [0.15, 0.2) is 0 Å². The van der Waals surface area contributed by atoms with Crippen molar-refractivity contribution < 1.29 is 9.18 Å². The first-order valence-electron chi connectivity index (χ1n) is 13.6. The van der Waals surface area contributed by atoms with Crippen LogP contribution in [0.1, 0.15) is 55.9 Å². The minimum Gasteiger partial charge on any atom is -0.364 e. The Labute approximate surface area is 235 Å². The van der Waals surface area contributed by atoms with Crippen LogP contribution in [-0.2, 0) is 10.2 Å². The first-order valence-corrected chi connectivity index (χ1v) is 15.3. The quantitative estimate of drug-likeness (QED) is 0.352. The molecule has 0 saturated carbocycles. The lowest BCUT2D eigenvalue weighted by Crippen LogP contribution is -2.58. The molecule has 5 heterocycles. The van der Waals surface area contributed by atoms with Gasteiger partial charge in [-0.3, -0.25) is 9.89 Å². The molecule has 2 N–H and O–H groups in total. The van der Waals surface area contributed by atoms with Gasteiger partial charge in [0.05, 0.1) is 34.8 Å². The molecule has 4 atom stereocenters. The largest absolute Gasteiger partial charge is 0.364 e. The average Bonchev–Trinajstić information content (AvgIpc) is 3.54. The molecular formula is C29H35ClFN6OP. The van der Waals surface area contributed by atoms with Gasteiger partial charge in [0.25, 0.3) is 0 Å². The van der Waals surface area contributed by atoms with Crippen LogP contribution in [0.3, 0.4) is 0 Å². The second kappa shape index (κ2) is 9.74. The fraction of sp³-hybridized carbons (Fsp3) is 0.483. The number of benzene rings is 1. The van der Waals surface area contributed by atoms with Gasteiger partial charge >= 0.3 is 0 Å². The SMILES string of the molecule is Cc1c(NC2CN(C(=O)C3CP3)C2)ncc2c1[C@@](C)(c1cccc(Cl)c1F)CN2c1[nH]ncc1C(C)C(C)C. The average molecular weight is 569 g/mol. The number of nitrogens with one attached hydrogen (secondary N) is 2. The number of carbonyl (C=O) groups excluding carboxylic acids is 1. The predicted octanol–water partition coefficient (Wildman–Crippen LogP) is 5.81. The molecule has 2 fully saturated rings. The van der Waals surface area contributed by atoms with Crippen LogP contribution in [0.15, 0.2) is 30.6 Å². The molecule has 2 saturated heterocycles. The van der Waals surface area contributed by atoms with Crippen molar-refractivity contribution in [3.63, 3.8) is 0 Å². The summed E-state index contributed by atoms with van der Waals surface area (Å²) in [4.78, 5) is 21.4. The molecule has 2 aromatic heterocycles. The summed E-state index contributed by atoms with van der Waals surface area (Å²) < 4.78 is 15.6. The normalized spacial score (nSPS) is 23.7. The Kier molecular flexibility index (Phi) is 6.62. The van der Waals surface area contributed by atoms with Gasteiger partial charge in [-0.1, -0.05) is 44.5 Å². The third-order valence-corrected chi connectivity index (χ3v) is 10.2. The van der Waals surface area contributed by atoms with Crippen molar-refractivity contribution in [2.75, 3.05) is 36.0 Å². The highest BCUT2D eigenvalue weighted by molar-refractivity contribution is 7.49. The van der Waals surface area contributed by atoms with Crippen LogP contribution in [0, 0.1) is 18.7 Å². The fourth-order valence-corrected chi connectivity index (χ4v) is 6.89. The Morgan fingerprint density at radius 1 is 1.28 bits per heavy atom. The number of nitrogens with zero attached hydrogens (tertiary/aromatic N) is 4. The highest BCUT2D eigenvalue weighted by Gasteiger charge is 2.46. The van der Waals surface area contributed by atoms with Crippen molar-refractivity contribution >= 4 is 43.4 Å². The lowest BCUT2D eigenvalue weighted by molar-refractivity contribution is -0.133. The van der Waals surface area contributed by atoms with Gasteiger partial charge in [-0.15, -0.1) is 8.58 Å². The second-order valence-corrected chi connectivity index (χ2v) is 13.7. The van der Waals surface area contributed by atoms with E-state index in [0.29, 0.717) is 31.1 Å². The zero-order chi connectivity index (χ0) is 27.6. The monoisotopic (exact) mass is 568 g/mol. The summed E-state index contributed by atoms with van der Waals surface area (Å²) in [6, 6.07) is 5.39. The summed E-state index contributed by atoms with van der Waals surface area (Å²) in [5.74, 6) is 2.30. The smallest absolute Gasteiger partial charge is 0.230 e. The van der Waals surface area contributed by atoms with E-state index in [-0.39, 0.29) is 28.5 Å². The first kappa shape index (κ1) is 26.5. The maximum atomic E-state index is 15.6. The van der Waals surface area contributed by atoms with Crippen LogP contribution < -0.4 is 10.2 Å². The number of aromatic nitrogens is 3. The van der Waals surface area contributed by atoms with E-state index in [1.807, 2.05) is 29.4 Å². The molecule has 10 heteroatoms. The van der Waals surface area contributed by atoms with E-state index in [0.717, 1.165) is 48.8 Å². The van der Waals surface area contributed by atoms with Crippen molar-refractivity contribution in [1.29, 1.82) is 0 Å². The number of likely N-dealkylation sites (tertiary alicyclic amines) is 1. The van der Waals surface area contributed by atoms with E-state index < -0.39 is 11.2 Å². The molecule has 0 spiro atoms. The number of amides is 1. The number of rotatable bonds is 7. The van der Waals surface area contributed by atoms with Gasteiger partial charge in [-0.05, 0) is 49.0 Å². The number of H-pyrrole nitrogens is 1. The van der Waals surface area contributed by atoms with E-state index in [2.05, 4.69) is 55.0 Å². The van der Waals surface area contributed by atoms with E-state index in [4.69, 9.17) is 16.6 Å². The van der Waals surface area contributed by atoms with Crippen molar-refractivity contribution in [1.82, 2.24) is 20.1 Å². The number of pyridine rings is 1. The van der Waals surface area contributed by atoms with Gasteiger partial charge in [0.1, 0.15) is 17.5 Å². The molecule has 7 nitrogen and oxygen atoms in total. The summed E-state index contributed by atoms with van der Waals surface area (Å²) in [7, 11) is 0.787. The number of halogens is 2. The molecule has 0 radical (unpaired) electrons. The van der Waals surface area contributed by atoms with Gasteiger partial charge in [0.2, 0.25) is 5.91 Å². The number of hydrogen-bond donors (Lipinski definition) is 2. The topological polar surface area (TPSA) is 77.2 Å². The van der Waals surface area contributed by atoms with Gasteiger partial charge < -0.3 is 15.1 Å². The maximum absolute atomic E-state index is 15.6. The summed E-state index contributed by atoms with van der Waals surface area (Å²) in [5.41, 5.74) is 4.18. The van der Waals surface area contributed by atoms with Crippen molar-refractivity contribution in [2.45, 2.75) is 57.7 Å². The van der Waals surface area contributed by atoms with Crippen molar-refractivity contribution in [3.8, 4) is 0 Å². The van der Waals surface area contributed by atoms with Crippen molar-refractivity contribution in [3.05, 3.63) is 63.7 Å². The van der Waals surface area contributed by atoms with Crippen LogP contribution in [0.2, 0.25) is 5.02 Å². The van der Waals surface area contributed by atoms with Crippen molar-refractivity contribution in [2.24, 2.45) is 5.92 Å². The Morgan fingerprint density at radius 3 is 2.72 bits per heavy atom. The molecule has 3 aromatic rings. The highest BCUT2D eigenvalue weighted by atomic mass is 35.5. The molecule has 1 amide bonds. The Bertz CT molecular complexity index is 1440. The standard InChI is InChI=1S/C29H35ClFN6OP/c1-15(2)16(3)19-9-33-35-27(19)37-14-29(5,20-7-6-8-21(30)25(20)31)24-17(4)26(32-10-22(24)37)34-18-11-36(12-18)28(38)23-13-39-23/h6-10,15-16,18,23,39H,11-14H2,1-5H3,(H,32,34)(H,33,35)/t16?,23?,29-/m1/s1. The molecule has 39 heavy (non-hydrogen) atoms. The van der Waals surface area contributed by atoms with Crippen LogP contribution >= 0.6 is 20.2 Å². The summed E-state index contributed by atoms with van der Waals surface area (Å²) >= 11 is 6.29. The minimum absolute atomic E-state index is 0.116. The molecule has 3 unspecified atom stereocenters. The van der Waals surface area contributed by atoms with Crippen LogP contribution in [0.5, 0.6) is 0 Å². The molecule has 206 valence electrons. The molecule has 0 aliphatic carbocycles. The van der Waals surface area contributed by atoms with Crippen LogP contribution in [0.25, 0.3) is 0 Å². The zero-order valence-electron chi connectivity index (χ0n) is 23.0. The molecule has 3 aliphatic rings. The highest BCUT2D eigenvalue weighted by Crippen LogP contribution is 2.52. The molecule has 1 aromatic carbocycles. The fourth-order valence-electron chi connectivity index (χ4n) is 6.07. The molecule has 6 rings (SSSR count). The van der Waals surface area contributed by atoms with E-state index >= 15 is 4.39 Å². The minimum atomic E-state index is -0.689. The van der Waals surface area contributed by atoms with E-state index in [1.54, 1.807) is 6.07 Å². The number of carbonyl (C=O) groups is 1. The van der Waals surface area contributed by atoms with Crippen LogP contribution in [0.4, 0.5) is 21.7 Å². The molecule has 3 aliphatic heterocycles. The van der Waals surface area contributed by atoms with Gasteiger partial charge in [-0.2, -0.15) is 5.10 Å². The second-order valence-electron chi connectivity index (χ2n) is 11.8. The van der Waals surface area contributed by atoms with E-state index in [1.165, 1.54) is 0 Å². The van der Waals surface area contributed by atoms with Gasteiger partial charge in [-0.25, -0.2) is 9.37 Å². The number of hydrogen-bond acceptors (Lipinski definition) is 5. The van der Waals surface area contributed by atoms with Crippen LogP contribution in [-0.4, -0.2) is 63.5 Å². The Hall–Kier alpha value is -2.70. The summed E-state index contributed by atoms with van der Waals surface area (Å²) in [5, 5.41) is 11.3. The van der Waals surface area contributed by atoms with Gasteiger partial charge in [0, 0.05) is 36.2 Å². The Morgan fingerprint density at radius 2 is 2.03 bits per heavy atom. The zero-order valence-corrected chi connectivity index (χ0v) is 24.7. The lowest BCUT2D eigenvalue weighted by Gasteiger charge is -2.40. The number of aromatic amines is 1. The summed E-state index contributed by atoms with van der Waals surface area (Å²) in [6.07, 6.45) is 4.83. The predicted molar refractivity (Wildman–Crippen MR) is 157 cm³/mol. The third kappa shape index (κ3) is 4.40. The molecular weight excluding hydrogens is 534 g/mol.